The van der Waals surface area contributed by atoms with E-state index in [4.69, 9.17) is 23.2 Å². The second-order valence-electron chi connectivity index (χ2n) is 4.88. The lowest BCUT2D eigenvalue weighted by atomic mass is 9.92. The van der Waals surface area contributed by atoms with Gasteiger partial charge in [0.2, 0.25) is 0 Å². The van der Waals surface area contributed by atoms with E-state index in [1.54, 1.807) is 20.8 Å². The van der Waals surface area contributed by atoms with E-state index in [1.165, 1.54) is 6.92 Å². The molecule has 0 aliphatic rings. The molecule has 0 radical (unpaired) electrons. The van der Waals surface area contributed by atoms with Crippen molar-refractivity contribution in [2.75, 3.05) is 11.9 Å². The van der Waals surface area contributed by atoms with Gasteiger partial charge in [-0.3, -0.25) is 19.2 Å². The number of esters is 1. The summed E-state index contributed by atoms with van der Waals surface area (Å²) in [5, 5.41) is 0.976. The number of ether oxygens (including phenoxy) is 1. The van der Waals surface area contributed by atoms with Crippen LogP contribution in [-0.4, -0.2) is 29.0 Å². The van der Waals surface area contributed by atoms with Gasteiger partial charge in [-0.25, -0.2) is 0 Å². The molecule has 0 spiro atoms. The summed E-state index contributed by atoms with van der Waals surface area (Å²) in [5.74, 6) is -1.22. The van der Waals surface area contributed by atoms with Gasteiger partial charge in [0.15, 0.2) is 6.61 Å². The van der Waals surface area contributed by atoms with Gasteiger partial charge >= 0.3 is 5.97 Å². The second kappa shape index (κ2) is 10.2. The number of halogens is 2. The molecule has 1 rings (SSSR count). The molecule has 25 heavy (non-hydrogen) atoms. The third-order valence-electron chi connectivity index (χ3n) is 3.31. The zero-order valence-corrected chi connectivity index (χ0v) is 16.5. The first kappa shape index (κ1) is 23.1. The quantitative estimate of drug-likeness (QED) is 0.609. The van der Waals surface area contributed by atoms with E-state index in [0.717, 1.165) is 0 Å². The lowest BCUT2D eigenvalue weighted by Crippen LogP contribution is -2.22. The van der Waals surface area contributed by atoms with Crippen LogP contribution in [0.1, 0.15) is 58.2 Å². The van der Waals surface area contributed by atoms with Crippen LogP contribution in [0.5, 0.6) is 0 Å². The van der Waals surface area contributed by atoms with E-state index in [2.05, 4.69) is 10.1 Å². The molecule has 6 nitrogen and oxygen atoms in total. The van der Waals surface area contributed by atoms with Gasteiger partial charge in [-0.2, -0.15) is 0 Å². The summed E-state index contributed by atoms with van der Waals surface area (Å²) in [6.45, 7) is 9.40. The van der Waals surface area contributed by atoms with Gasteiger partial charge in [-0.05, 0) is 60.7 Å². The van der Waals surface area contributed by atoms with Gasteiger partial charge in [0.1, 0.15) is 0 Å². The van der Waals surface area contributed by atoms with Crippen LogP contribution in [0, 0.1) is 20.8 Å². The number of nitrogens with one attached hydrogen (secondary N) is 1. The predicted octanol–water partition coefficient (Wildman–Crippen LogP) is 3.90. The van der Waals surface area contributed by atoms with Crippen molar-refractivity contribution in [2.45, 2.75) is 41.5 Å². The first-order valence-corrected chi connectivity index (χ1v) is 8.30. The number of amides is 1. The molecule has 1 aromatic carbocycles. The molecule has 0 heterocycles. The molecule has 0 unspecified atom stereocenters. The lowest BCUT2D eigenvalue weighted by Gasteiger charge is -2.19. The Morgan fingerprint density at radius 1 is 0.880 bits per heavy atom. The molecule has 138 valence electrons. The third kappa shape index (κ3) is 5.83. The Kier molecular flexibility index (Phi) is 9.38. The van der Waals surface area contributed by atoms with E-state index >= 15 is 0 Å². The van der Waals surface area contributed by atoms with Crippen molar-refractivity contribution in [2.24, 2.45) is 0 Å². The van der Waals surface area contributed by atoms with Crippen molar-refractivity contribution in [3.63, 3.8) is 0 Å². The zero-order valence-electron chi connectivity index (χ0n) is 15.0. The Morgan fingerprint density at radius 2 is 1.28 bits per heavy atom. The fourth-order valence-electron chi connectivity index (χ4n) is 2.34. The lowest BCUT2D eigenvalue weighted by molar-refractivity contribution is -0.144. The highest BCUT2D eigenvalue weighted by Crippen LogP contribution is 2.33. The van der Waals surface area contributed by atoms with Crippen molar-refractivity contribution in [1.29, 1.82) is 0 Å². The first-order chi connectivity index (χ1) is 11.6. The normalized spacial score (nSPS) is 9.60. The summed E-state index contributed by atoms with van der Waals surface area (Å²) >= 11 is 11.2. The Morgan fingerprint density at radius 3 is 1.60 bits per heavy atom. The van der Waals surface area contributed by atoms with Gasteiger partial charge in [0.05, 0.1) is 0 Å². The third-order valence-corrected chi connectivity index (χ3v) is 3.69. The largest absolute Gasteiger partial charge is 0.456 e. The van der Waals surface area contributed by atoms with Crippen LogP contribution < -0.4 is 5.32 Å². The monoisotopic (exact) mass is 389 g/mol. The highest BCUT2D eigenvalue weighted by Gasteiger charge is 2.24. The number of carbonyl (C=O) groups is 4. The predicted molar refractivity (Wildman–Crippen MR) is 97.6 cm³/mol. The van der Waals surface area contributed by atoms with Gasteiger partial charge < -0.3 is 10.1 Å². The van der Waals surface area contributed by atoms with Crippen LogP contribution in [0.2, 0.25) is 0 Å². The second-order valence-corrected chi connectivity index (χ2v) is 5.56. The summed E-state index contributed by atoms with van der Waals surface area (Å²) in [4.78, 5) is 45.9. The summed E-state index contributed by atoms with van der Waals surface area (Å²) in [6.07, 6.45) is 0. The molecule has 0 fully saturated rings. The molecule has 8 heteroatoms. The summed E-state index contributed by atoms with van der Waals surface area (Å²) < 4.78 is 4.60. The van der Waals surface area contributed by atoms with E-state index in [9.17, 15) is 19.2 Å². The van der Waals surface area contributed by atoms with Gasteiger partial charge in [-0.1, -0.05) is 13.8 Å². The van der Waals surface area contributed by atoms with Crippen LogP contribution in [0.4, 0.5) is 5.69 Å². The number of anilines is 1. The summed E-state index contributed by atoms with van der Waals surface area (Å²) in [7, 11) is 0. The fraction of sp³-hybridized carbons (Fsp3) is 0.412. The van der Waals surface area contributed by atoms with Crippen LogP contribution in [0.3, 0.4) is 0 Å². The SMILES string of the molecule is CC.CC(=O)OCC(=O)Nc1c(C)c(C(=O)Cl)c(C)c(C(=O)Cl)c1C. The van der Waals surface area contributed by atoms with Gasteiger partial charge in [0, 0.05) is 23.7 Å². The van der Waals surface area contributed by atoms with E-state index in [-0.39, 0.29) is 16.8 Å². The molecule has 1 N–H and O–H groups in total. The van der Waals surface area contributed by atoms with Crippen molar-refractivity contribution >= 4 is 51.3 Å². The molecule has 1 aromatic rings. The van der Waals surface area contributed by atoms with Gasteiger partial charge in [-0.15, -0.1) is 0 Å². The zero-order chi connectivity index (χ0) is 19.9. The molecular weight excluding hydrogens is 369 g/mol. The van der Waals surface area contributed by atoms with Crippen molar-refractivity contribution in [3.05, 3.63) is 27.8 Å². The molecule has 0 bridgehead atoms. The number of benzene rings is 1. The maximum atomic E-state index is 11.8. The minimum atomic E-state index is -0.769. The average molecular weight is 390 g/mol. The topological polar surface area (TPSA) is 89.5 Å². The van der Waals surface area contributed by atoms with Crippen molar-refractivity contribution in [1.82, 2.24) is 0 Å². The van der Waals surface area contributed by atoms with Gasteiger partial charge in [0.25, 0.3) is 16.4 Å². The maximum absolute atomic E-state index is 11.8. The number of hydrogen-bond acceptors (Lipinski definition) is 5. The highest BCUT2D eigenvalue weighted by atomic mass is 35.5. The fourth-order valence-corrected chi connectivity index (χ4v) is 2.91. The van der Waals surface area contributed by atoms with Crippen LogP contribution >= 0.6 is 23.2 Å². The molecule has 1 amide bonds. The standard InChI is InChI=1S/C15H15Cl2NO5.C2H6/c1-6-11(14(16)21)7(2)13(8(3)12(6)15(17)22)18-10(20)5-23-9(4)19;1-2/h5H2,1-4H3,(H,18,20);1-2H3. The number of carbonyl (C=O) groups excluding carboxylic acids is 4. The van der Waals surface area contributed by atoms with Crippen LogP contribution in [-0.2, 0) is 14.3 Å². The smallest absolute Gasteiger partial charge is 0.303 e. The Labute approximate surface area is 156 Å². The van der Waals surface area contributed by atoms with Crippen molar-refractivity contribution < 1.29 is 23.9 Å². The number of rotatable bonds is 5. The Hall–Kier alpha value is -1.92. The highest BCUT2D eigenvalue weighted by molar-refractivity contribution is 6.69. The van der Waals surface area contributed by atoms with E-state index in [1.807, 2.05) is 13.8 Å². The molecule has 0 atom stereocenters. The Balaban J connectivity index is 0.00000277. The molecule has 0 aliphatic heterocycles. The molecular formula is C17H21Cl2NO5. The number of hydrogen-bond donors (Lipinski definition) is 1. The van der Waals surface area contributed by atoms with Crippen LogP contribution in [0.25, 0.3) is 0 Å². The first-order valence-electron chi connectivity index (χ1n) is 7.54. The Bertz CT molecular complexity index is 672. The molecule has 0 aliphatic carbocycles. The van der Waals surface area contributed by atoms with E-state index < -0.39 is 29.0 Å². The minimum Gasteiger partial charge on any atom is -0.456 e. The maximum Gasteiger partial charge on any atom is 0.303 e. The van der Waals surface area contributed by atoms with Crippen LogP contribution in [0.15, 0.2) is 0 Å². The molecule has 0 aromatic heterocycles. The summed E-state index contributed by atoms with van der Waals surface area (Å²) in [5.41, 5.74) is 1.59. The minimum absolute atomic E-state index is 0.101. The molecule has 0 saturated heterocycles. The summed E-state index contributed by atoms with van der Waals surface area (Å²) in [6, 6.07) is 0. The average Bonchev–Trinajstić information content (AvgIpc) is 2.50. The van der Waals surface area contributed by atoms with E-state index in [0.29, 0.717) is 16.7 Å². The van der Waals surface area contributed by atoms with Crippen molar-refractivity contribution in [3.8, 4) is 0 Å². The molecule has 0 saturated carbocycles.